The number of nitrogens with two attached hydrogens (primary N) is 1. The zero-order valence-corrected chi connectivity index (χ0v) is 16.1. The van der Waals surface area contributed by atoms with Crippen LogP contribution in [-0.4, -0.2) is 24.1 Å². The molecule has 6 nitrogen and oxygen atoms in total. The molecule has 2 aromatic rings. The van der Waals surface area contributed by atoms with E-state index in [1.807, 2.05) is 37.4 Å². The highest BCUT2D eigenvalue weighted by Crippen LogP contribution is 2.37. The van der Waals surface area contributed by atoms with Crippen LogP contribution in [0.3, 0.4) is 0 Å². The molecular formula is C17H20BrClN3O3-. The molecule has 0 spiro atoms. The van der Waals surface area contributed by atoms with Crippen molar-refractivity contribution in [2.45, 2.75) is 20.0 Å². The van der Waals surface area contributed by atoms with Gasteiger partial charge in [0.25, 0.3) is 5.91 Å². The van der Waals surface area contributed by atoms with Crippen molar-refractivity contribution in [3.05, 3.63) is 52.3 Å². The molecule has 0 saturated heterocycles. The van der Waals surface area contributed by atoms with E-state index in [9.17, 15) is 4.79 Å². The summed E-state index contributed by atoms with van der Waals surface area (Å²) in [5, 5.41) is 3.35. The zero-order chi connectivity index (χ0) is 17.4. The van der Waals surface area contributed by atoms with Crippen LogP contribution in [0.15, 0.2) is 41.1 Å². The lowest BCUT2D eigenvalue weighted by atomic mass is 10.2. The predicted molar refractivity (Wildman–Crippen MR) is 94.8 cm³/mol. The maximum Gasteiger partial charge on any atom is 0.255 e. The number of nitrogens with one attached hydrogen (secondary N) is 1. The minimum Gasteiger partial charge on any atom is -1.00 e. The fraction of sp³-hybridized carbons (Fsp3) is 0.294. The molecule has 0 bridgehead atoms. The Kier molecular flexibility index (Phi) is 9.26. The molecule has 0 saturated carbocycles. The van der Waals surface area contributed by atoms with Gasteiger partial charge in [-0.1, -0.05) is 6.07 Å². The van der Waals surface area contributed by atoms with E-state index >= 15 is 0 Å². The van der Waals surface area contributed by atoms with Crippen LogP contribution in [-0.2, 0) is 17.9 Å². The normalized spacial score (nSPS) is 10.0. The van der Waals surface area contributed by atoms with Gasteiger partial charge in [0.2, 0.25) is 0 Å². The molecule has 2 rings (SSSR count). The van der Waals surface area contributed by atoms with E-state index in [1.165, 1.54) is 0 Å². The molecule has 25 heavy (non-hydrogen) atoms. The molecule has 0 aliphatic heterocycles. The van der Waals surface area contributed by atoms with E-state index in [0.29, 0.717) is 29.1 Å². The van der Waals surface area contributed by atoms with E-state index in [1.54, 1.807) is 6.20 Å². The fourth-order valence-electron chi connectivity index (χ4n) is 2.12. The van der Waals surface area contributed by atoms with Crippen LogP contribution in [0.5, 0.6) is 11.5 Å². The third kappa shape index (κ3) is 6.89. The molecule has 0 unspecified atom stereocenters. The maximum atomic E-state index is 10.9. The molecule has 0 radical (unpaired) electrons. The van der Waals surface area contributed by atoms with Crippen LogP contribution >= 0.6 is 15.9 Å². The average molecular weight is 430 g/mol. The summed E-state index contributed by atoms with van der Waals surface area (Å²) >= 11 is 3.46. The van der Waals surface area contributed by atoms with Gasteiger partial charge in [0.15, 0.2) is 18.1 Å². The number of nitrogens with zero attached hydrogens (tertiary/aromatic N) is 1. The van der Waals surface area contributed by atoms with Gasteiger partial charge in [-0.3, -0.25) is 9.78 Å². The molecular weight excluding hydrogens is 410 g/mol. The predicted octanol–water partition coefficient (Wildman–Crippen LogP) is -0.599. The van der Waals surface area contributed by atoms with Crippen LogP contribution in [0.4, 0.5) is 0 Å². The number of primary amides is 1. The number of rotatable bonds is 9. The first-order chi connectivity index (χ1) is 11.6. The second-order valence-electron chi connectivity index (χ2n) is 5.06. The molecule has 8 heteroatoms. The van der Waals surface area contributed by atoms with Gasteiger partial charge in [0, 0.05) is 25.5 Å². The third-order valence-corrected chi connectivity index (χ3v) is 3.70. The van der Waals surface area contributed by atoms with Crippen molar-refractivity contribution in [1.82, 2.24) is 10.3 Å². The van der Waals surface area contributed by atoms with Crippen molar-refractivity contribution in [2.75, 3.05) is 13.2 Å². The Hall–Kier alpha value is -1.83. The van der Waals surface area contributed by atoms with Gasteiger partial charge in [-0.25, -0.2) is 0 Å². The first kappa shape index (κ1) is 21.2. The molecule has 3 N–H and O–H groups in total. The van der Waals surface area contributed by atoms with E-state index in [2.05, 4.69) is 26.2 Å². The number of aromatic nitrogens is 1. The second-order valence-corrected chi connectivity index (χ2v) is 5.91. The van der Waals surface area contributed by atoms with Crippen molar-refractivity contribution in [1.29, 1.82) is 0 Å². The molecule has 0 atom stereocenters. The van der Waals surface area contributed by atoms with Gasteiger partial charge >= 0.3 is 0 Å². The number of hydrogen-bond donors (Lipinski definition) is 2. The van der Waals surface area contributed by atoms with Crippen molar-refractivity contribution >= 4 is 21.8 Å². The standard InChI is InChI=1S/C17H20BrN3O3.ClH/c1-2-23-15-7-13(6-14(18)17(15)24-11-16(19)22)10-21-9-12-4-3-5-20-8-12;/h3-8,21H,2,9-11H2,1H3,(H2,19,22);1H/p-1. The number of amides is 1. The number of benzene rings is 1. The fourth-order valence-corrected chi connectivity index (χ4v) is 2.73. The van der Waals surface area contributed by atoms with Crippen molar-refractivity contribution in [3.63, 3.8) is 0 Å². The van der Waals surface area contributed by atoms with Crippen LogP contribution in [0.25, 0.3) is 0 Å². The lowest BCUT2D eigenvalue weighted by molar-refractivity contribution is -0.120. The molecule has 1 amide bonds. The highest BCUT2D eigenvalue weighted by atomic mass is 79.9. The van der Waals surface area contributed by atoms with Gasteiger partial charge in [0.05, 0.1) is 11.1 Å². The van der Waals surface area contributed by atoms with Crippen LogP contribution in [0, 0.1) is 0 Å². The molecule has 0 fully saturated rings. The number of pyridine rings is 1. The Morgan fingerprint density at radius 3 is 2.68 bits per heavy atom. The molecule has 136 valence electrons. The summed E-state index contributed by atoms with van der Waals surface area (Å²) in [6.45, 7) is 3.56. The van der Waals surface area contributed by atoms with Gasteiger partial charge in [0.1, 0.15) is 0 Å². The first-order valence-corrected chi connectivity index (χ1v) is 8.35. The van der Waals surface area contributed by atoms with Crippen molar-refractivity contribution in [2.24, 2.45) is 5.73 Å². The summed E-state index contributed by atoms with van der Waals surface area (Å²) in [7, 11) is 0. The summed E-state index contributed by atoms with van der Waals surface area (Å²) in [4.78, 5) is 15.0. The van der Waals surface area contributed by atoms with E-state index in [4.69, 9.17) is 15.2 Å². The summed E-state index contributed by atoms with van der Waals surface area (Å²) in [5.74, 6) is 0.518. The molecule has 1 heterocycles. The van der Waals surface area contributed by atoms with Crippen molar-refractivity contribution < 1.29 is 26.7 Å². The Balaban J connectivity index is 0.00000312. The molecule has 0 aliphatic rings. The number of carbonyl (C=O) groups is 1. The average Bonchev–Trinajstić information content (AvgIpc) is 2.55. The van der Waals surface area contributed by atoms with Crippen LogP contribution in [0.1, 0.15) is 18.1 Å². The van der Waals surface area contributed by atoms with Gasteiger partial charge < -0.3 is 32.9 Å². The van der Waals surface area contributed by atoms with E-state index in [-0.39, 0.29) is 19.0 Å². The second kappa shape index (κ2) is 10.9. The quantitative estimate of drug-likeness (QED) is 0.556. The number of hydrogen-bond acceptors (Lipinski definition) is 5. The largest absolute Gasteiger partial charge is 1.00 e. The van der Waals surface area contributed by atoms with E-state index < -0.39 is 5.91 Å². The minimum absolute atomic E-state index is 0. The third-order valence-electron chi connectivity index (χ3n) is 3.11. The monoisotopic (exact) mass is 428 g/mol. The van der Waals surface area contributed by atoms with E-state index in [0.717, 1.165) is 17.7 Å². The highest BCUT2D eigenvalue weighted by Gasteiger charge is 2.13. The van der Waals surface area contributed by atoms with Crippen LogP contribution in [0.2, 0.25) is 0 Å². The molecule has 0 aliphatic carbocycles. The summed E-state index contributed by atoms with van der Waals surface area (Å²) in [5.41, 5.74) is 7.27. The van der Waals surface area contributed by atoms with Crippen molar-refractivity contribution in [3.8, 4) is 11.5 Å². The lowest BCUT2D eigenvalue weighted by Gasteiger charge is -2.15. The number of halogens is 2. The summed E-state index contributed by atoms with van der Waals surface area (Å²) in [6.07, 6.45) is 3.58. The smallest absolute Gasteiger partial charge is 0.255 e. The molecule has 1 aromatic heterocycles. The molecule has 1 aromatic carbocycles. The lowest BCUT2D eigenvalue weighted by Crippen LogP contribution is -3.00. The Bertz CT molecular complexity index is 686. The highest BCUT2D eigenvalue weighted by molar-refractivity contribution is 9.10. The Morgan fingerprint density at radius 2 is 2.04 bits per heavy atom. The van der Waals surface area contributed by atoms with Crippen LogP contribution < -0.4 is 32.9 Å². The number of carbonyl (C=O) groups excluding carboxylic acids is 1. The van der Waals surface area contributed by atoms with Gasteiger partial charge in [-0.2, -0.15) is 0 Å². The summed E-state index contributed by atoms with van der Waals surface area (Å²) in [6, 6.07) is 7.74. The SMILES string of the molecule is CCOc1cc(CNCc2cccnc2)cc(Br)c1OCC(N)=O.[Cl-]. The maximum absolute atomic E-state index is 10.9. The Morgan fingerprint density at radius 1 is 1.28 bits per heavy atom. The minimum atomic E-state index is -0.536. The van der Waals surface area contributed by atoms with Gasteiger partial charge in [-0.15, -0.1) is 0 Å². The topological polar surface area (TPSA) is 86.5 Å². The van der Waals surface area contributed by atoms with Gasteiger partial charge in [-0.05, 0) is 52.2 Å². The first-order valence-electron chi connectivity index (χ1n) is 7.56. The number of ether oxygens (including phenoxy) is 2. The summed E-state index contributed by atoms with van der Waals surface area (Å²) < 4.78 is 11.8. The zero-order valence-electron chi connectivity index (χ0n) is 13.8. The Labute approximate surface area is 161 Å².